The summed E-state index contributed by atoms with van der Waals surface area (Å²) < 4.78 is 2.97. The van der Waals surface area contributed by atoms with E-state index in [0.717, 1.165) is 11.2 Å². The zero-order chi connectivity index (χ0) is 5.91. The van der Waals surface area contributed by atoms with Crippen molar-refractivity contribution in [3.63, 3.8) is 0 Å². The second-order valence-electron chi connectivity index (χ2n) is 2.43. The van der Waals surface area contributed by atoms with E-state index >= 15 is 0 Å². The van der Waals surface area contributed by atoms with Crippen LogP contribution < -0.4 is 4.72 Å². The molecule has 1 nitrogen and oxygen atoms in total. The lowest BCUT2D eigenvalue weighted by Crippen LogP contribution is -2.28. The fourth-order valence-electron chi connectivity index (χ4n) is 0.116. The Hall–Kier alpha value is 0.600. The molecular formula is C4H10ClNS. The summed E-state index contributed by atoms with van der Waals surface area (Å²) in [6.07, 6.45) is 0. The summed E-state index contributed by atoms with van der Waals surface area (Å²) >= 11 is 1.13. The van der Waals surface area contributed by atoms with Gasteiger partial charge in [0.15, 0.2) is 0 Å². The molecule has 0 fully saturated rings. The fourth-order valence-corrected chi connectivity index (χ4v) is 1.04. The molecule has 7 heavy (non-hydrogen) atoms. The molecule has 0 aromatic carbocycles. The van der Waals surface area contributed by atoms with Crippen LogP contribution in [-0.2, 0) is 0 Å². The van der Waals surface area contributed by atoms with Crippen LogP contribution >= 0.6 is 21.8 Å². The van der Waals surface area contributed by atoms with Crippen molar-refractivity contribution in [3.05, 3.63) is 0 Å². The number of rotatable bonds is 1. The van der Waals surface area contributed by atoms with Gasteiger partial charge in [-0.1, -0.05) is 0 Å². The summed E-state index contributed by atoms with van der Waals surface area (Å²) in [4.78, 5) is 0. The van der Waals surface area contributed by atoms with Crippen LogP contribution in [0.1, 0.15) is 20.8 Å². The van der Waals surface area contributed by atoms with Crippen LogP contribution in [0.2, 0.25) is 0 Å². The van der Waals surface area contributed by atoms with Gasteiger partial charge in [-0.05, 0) is 31.5 Å². The minimum atomic E-state index is 0.131. The average molecular weight is 140 g/mol. The molecule has 0 aromatic heterocycles. The first-order valence-electron chi connectivity index (χ1n) is 2.11. The third kappa shape index (κ3) is 6.60. The van der Waals surface area contributed by atoms with Crippen molar-refractivity contribution in [2.24, 2.45) is 0 Å². The lowest BCUT2D eigenvalue weighted by atomic mass is 10.1. The van der Waals surface area contributed by atoms with Crippen LogP contribution in [0.25, 0.3) is 0 Å². The molecule has 0 aliphatic heterocycles. The predicted octanol–water partition coefficient (Wildman–Crippen LogP) is 2.18. The van der Waals surface area contributed by atoms with E-state index in [1.165, 1.54) is 0 Å². The Kier molecular flexibility index (Phi) is 3.04. The first-order chi connectivity index (χ1) is 3.06. The SMILES string of the molecule is CC(C)(C)NSCl. The molecule has 0 amide bonds. The molecule has 0 rings (SSSR count). The van der Waals surface area contributed by atoms with Crippen LogP contribution in [0.3, 0.4) is 0 Å². The Labute approximate surface area is 53.4 Å². The van der Waals surface area contributed by atoms with Crippen molar-refractivity contribution in [2.45, 2.75) is 26.3 Å². The zero-order valence-electron chi connectivity index (χ0n) is 4.79. The van der Waals surface area contributed by atoms with Gasteiger partial charge in [-0.25, -0.2) is 4.72 Å². The molecule has 0 spiro atoms. The normalized spacial score (nSPS) is 12.0. The van der Waals surface area contributed by atoms with Crippen LogP contribution in [0.5, 0.6) is 0 Å². The van der Waals surface area contributed by atoms with Crippen molar-refractivity contribution in [3.8, 4) is 0 Å². The summed E-state index contributed by atoms with van der Waals surface area (Å²) in [6.45, 7) is 6.17. The van der Waals surface area contributed by atoms with Gasteiger partial charge in [-0.2, -0.15) is 0 Å². The third-order valence-electron chi connectivity index (χ3n) is 0.345. The highest BCUT2D eigenvalue weighted by molar-refractivity contribution is 8.19. The molecule has 3 heteroatoms. The van der Waals surface area contributed by atoms with Crippen molar-refractivity contribution in [1.29, 1.82) is 0 Å². The van der Waals surface area contributed by atoms with E-state index in [2.05, 4.69) is 25.5 Å². The number of hydrogen-bond donors (Lipinski definition) is 1. The fraction of sp³-hybridized carbons (Fsp3) is 1.00. The number of hydrogen-bond acceptors (Lipinski definition) is 2. The van der Waals surface area contributed by atoms with Gasteiger partial charge in [0.25, 0.3) is 0 Å². The molecule has 0 aromatic rings. The Morgan fingerprint density at radius 2 is 1.86 bits per heavy atom. The monoisotopic (exact) mass is 139 g/mol. The Morgan fingerprint density at radius 1 is 1.43 bits per heavy atom. The van der Waals surface area contributed by atoms with Gasteiger partial charge < -0.3 is 0 Å². The van der Waals surface area contributed by atoms with Crippen molar-refractivity contribution in [2.75, 3.05) is 0 Å². The second-order valence-corrected chi connectivity index (χ2v) is 3.25. The van der Waals surface area contributed by atoms with Gasteiger partial charge in [0.1, 0.15) is 0 Å². The van der Waals surface area contributed by atoms with E-state index < -0.39 is 0 Å². The minimum Gasteiger partial charge on any atom is -0.245 e. The van der Waals surface area contributed by atoms with E-state index in [4.69, 9.17) is 10.7 Å². The Balaban J connectivity index is 3.15. The molecule has 0 saturated heterocycles. The molecule has 0 bridgehead atoms. The quantitative estimate of drug-likeness (QED) is 0.559. The first-order valence-corrected chi connectivity index (χ1v) is 3.75. The van der Waals surface area contributed by atoms with E-state index in [-0.39, 0.29) is 5.54 Å². The van der Waals surface area contributed by atoms with Crippen LogP contribution in [0.15, 0.2) is 0 Å². The van der Waals surface area contributed by atoms with Gasteiger partial charge in [0, 0.05) is 16.7 Å². The molecular weight excluding hydrogens is 130 g/mol. The maximum absolute atomic E-state index is 5.29. The largest absolute Gasteiger partial charge is 0.245 e. The van der Waals surface area contributed by atoms with Gasteiger partial charge in [0.2, 0.25) is 0 Å². The van der Waals surface area contributed by atoms with Crippen molar-refractivity contribution in [1.82, 2.24) is 4.72 Å². The lowest BCUT2D eigenvalue weighted by molar-refractivity contribution is 0.537. The lowest BCUT2D eigenvalue weighted by Gasteiger charge is -2.15. The smallest absolute Gasteiger partial charge is 0.0282 e. The highest BCUT2D eigenvalue weighted by atomic mass is 35.7. The molecule has 0 saturated carbocycles. The first kappa shape index (κ1) is 7.60. The van der Waals surface area contributed by atoms with Crippen molar-refractivity contribution >= 4 is 21.8 Å². The molecule has 0 heterocycles. The average Bonchev–Trinajstić information content (AvgIpc) is 1.30. The molecule has 0 unspecified atom stereocenters. The summed E-state index contributed by atoms with van der Waals surface area (Å²) in [5, 5.41) is 0. The minimum absolute atomic E-state index is 0.131. The molecule has 0 atom stereocenters. The zero-order valence-corrected chi connectivity index (χ0v) is 6.36. The van der Waals surface area contributed by atoms with Crippen LogP contribution in [-0.4, -0.2) is 5.54 Å². The highest BCUT2D eigenvalue weighted by Gasteiger charge is 2.06. The summed E-state index contributed by atoms with van der Waals surface area (Å²) in [7, 11) is 5.29. The molecule has 0 aliphatic rings. The summed E-state index contributed by atoms with van der Waals surface area (Å²) in [5.74, 6) is 0. The van der Waals surface area contributed by atoms with Crippen LogP contribution in [0.4, 0.5) is 0 Å². The maximum atomic E-state index is 5.29. The topological polar surface area (TPSA) is 12.0 Å². The molecule has 0 aliphatic carbocycles. The third-order valence-corrected chi connectivity index (χ3v) is 1.27. The summed E-state index contributed by atoms with van der Waals surface area (Å²) in [5.41, 5.74) is 0.131. The Bertz CT molecular complexity index is 50.1. The molecule has 44 valence electrons. The van der Waals surface area contributed by atoms with Crippen molar-refractivity contribution < 1.29 is 0 Å². The van der Waals surface area contributed by atoms with Gasteiger partial charge in [0.05, 0.1) is 0 Å². The van der Waals surface area contributed by atoms with Gasteiger partial charge in [-0.15, -0.1) is 0 Å². The second kappa shape index (κ2) is 2.80. The molecule has 0 radical (unpaired) electrons. The van der Waals surface area contributed by atoms with E-state index in [0.29, 0.717) is 0 Å². The van der Waals surface area contributed by atoms with Crippen LogP contribution in [0, 0.1) is 0 Å². The highest BCUT2D eigenvalue weighted by Crippen LogP contribution is 2.08. The van der Waals surface area contributed by atoms with E-state index in [1.54, 1.807) is 0 Å². The van der Waals surface area contributed by atoms with Gasteiger partial charge in [-0.3, -0.25) is 0 Å². The maximum Gasteiger partial charge on any atom is 0.0282 e. The number of nitrogens with one attached hydrogen (secondary N) is 1. The van der Waals surface area contributed by atoms with E-state index in [9.17, 15) is 0 Å². The standard InChI is InChI=1S/C4H10ClNS/c1-4(2,3)6-7-5/h6H,1-3H3. The van der Waals surface area contributed by atoms with E-state index in [1.807, 2.05) is 0 Å². The number of halogens is 1. The molecule has 1 N–H and O–H groups in total. The summed E-state index contributed by atoms with van der Waals surface area (Å²) in [6, 6.07) is 0. The predicted molar refractivity (Wildman–Crippen MR) is 36.3 cm³/mol. The van der Waals surface area contributed by atoms with Gasteiger partial charge >= 0.3 is 0 Å². The Morgan fingerprint density at radius 3 is 1.86 bits per heavy atom.